The molecule has 18 nitrogen and oxygen atoms in total. The van der Waals surface area contributed by atoms with Crippen molar-refractivity contribution < 1.29 is 90.5 Å². The number of aliphatic hydroxyl groups excluding tert-OH is 1. The number of ether oxygens (including phenoxy) is 3. The van der Waals surface area contributed by atoms with Gasteiger partial charge in [-0.25, -0.2) is 4.79 Å². The lowest BCUT2D eigenvalue weighted by atomic mass is 9.83. The first-order valence-corrected chi connectivity index (χ1v) is 16.1. The van der Waals surface area contributed by atoms with Crippen LogP contribution in [0, 0.1) is 0 Å². The van der Waals surface area contributed by atoms with Crippen LogP contribution in [0.3, 0.4) is 0 Å². The Kier molecular flexibility index (Phi) is 8.41. The van der Waals surface area contributed by atoms with Crippen molar-refractivity contribution >= 4 is 5.97 Å². The Morgan fingerprint density at radius 1 is 0.509 bits per heavy atom. The summed E-state index contributed by atoms with van der Waals surface area (Å²) in [6.07, 6.45) is -7.38. The van der Waals surface area contributed by atoms with E-state index in [9.17, 15) is 76.3 Å². The third kappa shape index (κ3) is 5.95. The molecule has 0 aliphatic carbocycles. The summed E-state index contributed by atoms with van der Waals surface area (Å²) in [7, 11) is 0. The van der Waals surface area contributed by atoms with Gasteiger partial charge in [-0.05, 0) is 24.3 Å². The van der Waals surface area contributed by atoms with Crippen molar-refractivity contribution in [3.8, 4) is 97.4 Å². The van der Waals surface area contributed by atoms with Crippen molar-refractivity contribution in [3.63, 3.8) is 0 Å². The third-order valence-corrected chi connectivity index (χ3v) is 9.35. The highest BCUT2D eigenvalue weighted by atomic mass is 16.6. The van der Waals surface area contributed by atoms with Gasteiger partial charge in [-0.3, -0.25) is 0 Å². The quantitative estimate of drug-likeness (QED) is 0.0900. The van der Waals surface area contributed by atoms with E-state index < -0.39 is 134 Å². The molecule has 0 saturated heterocycles. The van der Waals surface area contributed by atoms with Crippen molar-refractivity contribution in [1.82, 2.24) is 0 Å². The average Bonchev–Trinajstić information content (AvgIpc) is 3.12. The SMILES string of the molecule is O=C(OC1Cc2c(O)cc(O)cc2O[C@@H]1c1cc(O)c(O)c(O)c1-c1c(C2Oc3cc(O)cc(O)c3CC2O)cc(O)c(O)c1O)c1cc(O)c(O)c(O)c1. The van der Waals surface area contributed by atoms with Gasteiger partial charge in [0.05, 0.1) is 11.7 Å². The highest BCUT2D eigenvalue weighted by molar-refractivity contribution is 5.92. The Morgan fingerprint density at radius 3 is 1.45 bits per heavy atom. The Hall–Kier alpha value is -7.47. The highest BCUT2D eigenvalue weighted by Crippen LogP contribution is 2.57. The highest BCUT2D eigenvalue weighted by Gasteiger charge is 2.42. The normalized spacial score (nSPS) is 18.7. The van der Waals surface area contributed by atoms with E-state index in [0.29, 0.717) is 0 Å². The molecule has 0 fully saturated rings. The van der Waals surface area contributed by atoms with Crippen molar-refractivity contribution in [2.45, 2.75) is 37.3 Å². The third-order valence-electron chi connectivity index (χ3n) is 9.35. The summed E-state index contributed by atoms with van der Waals surface area (Å²) < 4.78 is 17.7. The molecule has 4 atom stereocenters. The zero-order valence-corrected chi connectivity index (χ0v) is 27.7. The van der Waals surface area contributed by atoms with Gasteiger partial charge in [0.15, 0.2) is 52.5 Å². The number of carbonyl (C=O) groups excluding carboxylic acids is 1. The number of esters is 1. The van der Waals surface area contributed by atoms with E-state index in [-0.39, 0.29) is 34.6 Å². The van der Waals surface area contributed by atoms with Gasteiger partial charge < -0.3 is 85.7 Å². The van der Waals surface area contributed by atoms with Gasteiger partial charge in [0.1, 0.15) is 40.6 Å². The molecule has 286 valence electrons. The molecule has 5 aromatic carbocycles. The summed E-state index contributed by atoms with van der Waals surface area (Å²) in [5, 5.41) is 148. The predicted octanol–water partition coefficient (Wildman–Crippen LogP) is 3.47. The van der Waals surface area contributed by atoms with Crippen LogP contribution in [-0.4, -0.2) is 89.7 Å². The lowest BCUT2D eigenvalue weighted by Gasteiger charge is -2.36. The van der Waals surface area contributed by atoms with Crippen LogP contribution in [-0.2, 0) is 17.6 Å². The van der Waals surface area contributed by atoms with E-state index >= 15 is 0 Å². The van der Waals surface area contributed by atoms with E-state index in [4.69, 9.17) is 14.2 Å². The molecule has 0 radical (unpaired) electrons. The van der Waals surface area contributed by atoms with E-state index in [1.165, 1.54) is 0 Å². The number of hydrogen-bond donors (Lipinski definition) is 14. The number of aromatic hydroxyl groups is 13. The van der Waals surface area contributed by atoms with E-state index in [2.05, 4.69) is 0 Å². The number of phenols is 13. The van der Waals surface area contributed by atoms with Crippen molar-refractivity contribution in [1.29, 1.82) is 0 Å². The molecule has 2 heterocycles. The molecule has 2 aliphatic heterocycles. The zero-order chi connectivity index (χ0) is 39.8. The summed E-state index contributed by atoms with van der Waals surface area (Å²) in [5.74, 6) is -12.9. The molecule has 2 aliphatic rings. The Balaban J connectivity index is 1.44. The number of phenolic OH excluding ortho intramolecular Hbond substituents is 13. The van der Waals surface area contributed by atoms with Gasteiger partial charge in [-0.15, -0.1) is 0 Å². The Labute approximate surface area is 307 Å². The minimum absolute atomic E-state index is 0.0215. The second kappa shape index (κ2) is 12.9. The van der Waals surface area contributed by atoms with E-state index in [1.807, 2.05) is 0 Å². The monoisotopic (exact) mass is 762 g/mol. The fourth-order valence-electron chi connectivity index (χ4n) is 6.77. The lowest BCUT2D eigenvalue weighted by molar-refractivity contribution is -0.0188. The molecule has 55 heavy (non-hydrogen) atoms. The molecular weight excluding hydrogens is 732 g/mol. The van der Waals surface area contributed by atoms with Gasteiger partial charge >= 0.3 is 5.97 Å². The molecule has 0 aromatic heterocycles. The van der Waals surface area contributed by atoms with Crippen LogP contribution in [0.1, 0.15) is 44.8 Å². The van der Waals surface area contributed by atoms with Crippen LogP contribution in [0.25, 0.3) is 11.1 Å². The summed E-state index contributed by atoms with van der Waals surface area (Å²) >= 11 is 0. The van der Waals surface area contributed by atoms with Crippen LogP contribution < -0.4 is 9.47 Å². The van der Waals surface area contributed by atoms with Crippen molar-refractivity contribution in [2.75, 3.05) is 0 Å². The summed E-state index contributed by atoms with van der Waals surface area (Å²) in [5.41, 5.74) is -2.58. The predicted molar refractivity (Wildman–Crippen MR) is 182 cm³/mol. The fourth-order valence-corrected chi connectivity index (χ4v) is 6.77. The number of carbonyl (C=O) groups is 1. The van der Waals surface area contributed by atoms with Crippen LogP contribution in [0.5, 0.6) is 86.2 Å². The van der Waals surface area contributed by atoms with Crippen molar-refractivity contribution in [3.05, 3.63) is 76.3 Å². The molecule has 0 spiro atoms. The van der Waals surface area contributed by atoms with Crippen LogP contribution >= 0.6 is 0 Å². The van der Waals surface area contributed by atoms with Gasteiger partial charge in [-0.1, -0.05) is 0 Å². The smallest absolute Gasteiger partial charge is 0.338 e. The second-order valence-corrected chi connectivity index (χ2v) is 12.9. The molecule has 5 aromatic rings. The maximum absolute atomic E-state index is 13.5. The first-order valence-electron chi connectivity index (χ1n) is 16.1. The molecule has 0 saturated carbocycles. The van der Waals surface area contributed by atoms with Gasteiger partial charge in [0.25, 0.3) is 0 Å². The Bertz CT molecular complexity index is 2400. The van der Waals surface area contributed by atoms with E-state index in [0.717, 1.165) is 48.5 Å². The lowest BCUT2D eigenvalue weighted by Crippen LogP contribution is -2.35. The number of rotatable bonds is 5. The maximum atomic E-state index is 13.5. The van der Waals surface area contributed by atoms with Gasteiger partial charge in [0, 0.05) is 70.5 Å². The van der Waals surface area contributed by atoms with Gasteiger partial charge in [0.2, 0.25) is 11.5 Å². The number of fused-ring (bicyclic) bond motifs is 2. The average molecular weight is 763 g/mol. The number of benzene rings is 5. The summed E-state index contributed by atoms with van der Waals surface area (Å²) in [6.45, 7) is 0. The molecule has 0 amide bonds. The largest absolute Gasteiger partial charge is 0.508 e. The molecule has 0 bridgehead atoms. The van der Waals surface area contributed by atoms with Crippen LogP contribution in [0.2, 0.25) is 0 Å². The summed E-state index contributed by atoms with van der Waals surface area (Å²) in [4.78, 5) is 13.5. The molecular formula is C37H30O18. The number of hydrogen-bond acceptors (Lipinski definition) is 18. The Morgan fingerprint density at radius 2 is 0.945 bits per heavy atom. The van der Waals surface area contributed by atoms with Crippen LogP contribution in [0.15, 0.2) is 48.5 Å². The van der Waals surface area contributed by atoms with Gasteiger partial charge in [-0.2, -0.15) is 0 Å². The molecule has 7 rings (SSSR count). The van der Waals surface area contributed by atoms with E-state index in [1.54, 1.807) is 0 Å². The van der Waals surface area contributed by atoms with Crippen molar-refractivity contribution in [2.24, 2.45) is 0 Å². The minimum atomic E-state index is -1.75. The first kappa shape index (κ1) is 35.9. The second-order valence-electron chi connectivity index (χ2n) is 12.9. The maximum Gasteiger partial charge on any atom is 0.338 e. The number of aliphatic hydroxyl groups is 1. The zero-order valence-electron chi connectivity index (χ0n) is 27.7. The standard InChI is InChI=1S/C37H30O18/c38-12-3-18(40)14-7-24(46)35(53-25(14)5-12)16-8-22(44)31(48)33(50)28(16)29-17(9-23(45)32(49)34(29)51)36-27(10-15-19(41)4-13(39)6-26(15)54-36)55-37(52)11-1-20(42)30(47)21(43)2-11/h1-6,8-9,24,27,35-36,38-51H,7,10H2/t24?,27?,35?,36-/m1/s1. The first-order chi connectivity index (χ1) is 25.9. The molecule has 18 heteroatoms. The molecule has 3 unspecified atom stereocenters. The molecule has 14 N–H and O–H groups in total. The minimum Gasteiger partial charge on any atom is -0.508 e. The van der Waals surface area contributed by atoms with Crippen LogP contribution in [0.4, 0.5) is 0 Å². The summed E-state index contributed by atoms with van der Waals surface area (Å²) in [6, 6.07) is 7.32. The fraction of sp³-hybridized carbons (Fsp3) is 0.162. The topological polar surface area (TPSA) is 328 Å².